The van der Waals surface area contributed by atoms with Gasteiger partial charge in [-0.25, -0.2) is 0 Å². The zero-order chi connectivity index (χ0) is 19.9. The van der Waals surface area contributed by atoms with E-state index in [9.17, 15) is 0 Å². The van der Waals surface area contributed by atoms with Crippen LogP contribution < -0.4 is 10.6 Å². The van der Waals surface area contributed by atoms with E-state index in [4.69, 9.17) is 0 Å². The second-order valence-electron chi connectivity index (χ2n) is 7.39. The van der Waals surface area contributed by atoms with Gasteiger partial charge < -0.3 is 15.2 Å². The Labute approximate surface area is 172 Å². The van der Waals surface area contributed by atoms with Crippen LogP contribution in [0.25, 0.3) is 0 Å². The second-order valence-corrected chi connectivity index (χ2v) is 7.39. The molecule has 0 aliphatic carbocycles. The Bertz CT molecular complexity index is 933. The van der Waals surface area contributed by atoms with Gasteiger partial charge >= 0.3 is 0 Å². The van der Waals surface area contributed by atoms with Crippen molar-refractivity contribution in [3.63, 3.8) is 0 Å². The lowest BCUT2D eigenvalue weighted by Gasteiger charge is -2.20. The van der Waals surface area contributed by atoms with E-state index in [1.54, 1.807) is 7.05 Å². The van der Waals surface area contributed by atoms with E-state index in [1.807, 2.05) is 0 Å². The van der Waals surface area contributed by atoms with Crippen LogP contribution in [0.15, 0.2) is 65.7 Å². The first kappa shape index (κ1) is 19.2. The fraction of sp³-hybridized carbons (Fsp3) is 0.348. The maximum absolute atomic E-state index is 4.39. The van der Waals surface area contributed by atoms with Crippen LogP contribution in [-0.4, -0.2) is 34.3 Å². The molecule has 0 radical (unpaired) electrons. The molecule has 4 rings (SSSR count). The molecule has 1 aliphatic heterocycles. The number of hydrogen-bond donors (Lipinski definition) is 2. The summed E-state index contributed by atoms with van der Waals surface area (Å²) in [6.07, 6.45) is 3.16. The van der Waals surface area contributed by atoms with Crippen molar-refractivity contribution in [3.8, 4) is 0 Å². The van der Waals surface area contributed by atoms with Gasteiger partial charge in [-0.2, -0.15) is 0 Å². The van der Waals surface area contributed by atoms with E-state index in [2.05, 4.69) is 91.1 Å². The average Bonchev–Trinajstić information content (AvgIpc) is 3.39. The summed E-state index contributed by atoms with van der Waals surface area (Å²) in [5.41, 5.74) is 2.67. The van der Waals surface area contributed by atoms with Crippen LogP contribution in [-0.2, 0) is 25.9 Å². The number of fused-ring (bicyclic) bond motifs is 1. The standard InChI is InChI=1S/C23H28N6/c1-24-23(26-17-22-28-27-21-13-8-14-29(21)22)25-16-20(19-11-6-3-7-12-19)15-18-9-4-2-5-10-18/h2-7,9-12,20H,8,13-17H2,1H3,(H2,24,25,26). The van der Waals surface area contributed by atoms with E-state index in [-0.39, 0.29) is 0 Å². The van der Waals surface area contributed by atoms with Gasteiger partial charge in [-0.15, -0.1) is 10.2 Å². The number of nitrogens with one attached hydrogen (secondary N) is 2. The van der Waals surface area contributed by atoms with Crippen molar-refractivity contribution < 1.29 is 0 Å². The Morgan fingerprint density at radius 1 is 1.03 bits per heavy atom. The van der Waals surface area contributed by atoms with Crippen LogP contribution in [0.3, 0.4) is 0 Å². The zero-order valence-electron chi connectivity index (χ0n) is 16.9. The van der Waals surface area contributed by atoms with E-state index in [0.717, 1.165) is 50.0 Å². The Morgan fingerprint density at radius 2 is 1.79 bits per heavy atom. The molecule has 1 aromatic heterocycles. The van der Waals surface area contributed by atoms with Crippen molar-refractivity contribution in [2.45, 2.75) is 38.3 Å². The molecule has 2 N–H and O–H groups in total. The molecule has 0 amide bonds. The summed E-state index contributed by atoms with van der Waals surface area (Å²) in [6, 6.07) is 21.3. The fourth-order valence-electron chi connectivity index (χ4n) is 3.88. The highest BCUT2D eigenvalue weighted by Gasteiger charge is 2.17. The highest BCUT2D eigenvalue weighted by atomic mass is 15.3. The fourth-order valence-corrected chi connectivity index (χ4v) is 3.88. The van der Waals surface area contributed by atoms with Crippen LogP contribution >= 0.6 is 0 Å². The van der Waals surface area contributed by atoms with Crippen molar-refractivity contribution in [1.29, 1.82) is 0 Å². The van der Waals surface area contributed by atoms with E-state index >= 15 is 0 Å². The number of nitrogens with zero attached hydrogens (tertiary/aromatic N) is 4. The van der Waals surface area contributed by atoms with Gasteiger partial charge in [0.1, 0.15) is 5.82 Å². The van der Waals surface area contributed by atoms with Gasteiger partial charge in [-0.3, -0.25) is 4.99 Å². The van der Waals surface area contributed by atoms with Crippen molar-refractivity contribution in [3.05, 3.63) is 83.4 Å². The molecule has 1 unspecified atom stereocenters. The minimum absolute atomic E-state index is 0.356. The first-order valence-electron chi connectivity index (χ1n) is 10.3. The second kappa shape index (κ2) is 9.37. The maximum Gasteiger partial charge on any atom is 0.191 e. The molecule has 0 saturated carbocycles. The van der Waals surface area contributed by atoms with Crippen LogP contribution in [0.1, 0.15) is 35.1 Å². The van der Waals surface area contributed by atoms with E-state index in [1.165, 1.54) is 11.1 Å². The van der Waals surface area contributed by atoms with Crippen LogP contribution in [0.4, 0.5) is 0 Å². The molecular weight excluding hydrogens is 360 g/mol. The lowest BCUT2D eigenvalue weighted by Crippen LogP contribution is -2.39. The minimum atomic E-state index is 0.356. The summed E-state index contributed by atoms with van der Waals surface area (Å²) in [7, 11) is 1.80. The Balaban J connectivity index is 1.38. The molecule has 6 nitrogen and oxygen atoms in total. The normalized spacial score (nSPS) is 14.4. The van der Waals surface area contributed by atoms with Gasteiger partial charge in [0.15, 0.2) is 11.8 Å². The lowest BCUT2D eigenvalue weighted by atomic mass is 9.92. The first-order chi connectivity index (χ1) is 14.3. The van der Waals surface area contributed by atoms with Gasteiger partial charge in [0.25, 0.3) is 0 Å². The van der Waals surface area contributed by atoms with Crippen LogP contribution in [0.2, 0.25) is 0 Å². The van der Waals surface area contributed by atoms with Crippen LogP contribution in [0.5, 0.6) is 0 Å². The maximum atomic E-state index is 4.39. The third-order valence-corrected chi connectivity index (χ3v) is 5.44. The zero-order valence-corrected chi connectivity index (χ0v) is 16.9. The van der Waals surface area contributed by atoms with E-state index < -0.39 is 0 Å². The summed E-state index contributed by atoms with van der Waals surface area (Å²) in [6.45, 7) is 2.44. The molecule has 0 spiro atoms. The van der Waals surface area contributed by atoms with Crippen molar-refractivity contribution in [2.24, 2.45) is 4.99 Å². The number of aryl methyl sites for hydroxylation is 1. The highest BCUT2D eigenvalue weighted by Crippen LogP contribution is 2.20. The van der Waals surface area contributed by atoms with Crippen molar-refractivity contribution in [1.82, 2.24) is 25.4 Å². The number of guanidine groups is 1. The van der Waals surface area contributed by atoms with Crippen molar-refractivity contribution >= 4 is 5.96 Å². The molecule has 0 saturated heterocycles. The molecule has 150 valence electrons. The molecule has 1 aliphatic rings. The highest BCUT2D eigenvalue weighted by molar-refractivity contribution is 5.79. The molecule has 3 aromatic rings. The quantitative estimate of drug-likeness (QED) is 0.482. The smallest absolute Gasteiger partial charge is 0.191 e. The third-order valence-electron chi connectivity index (χ3n) is 5.44. The van der Waals surface area contributed by atoms with E-state index in [0.29, 0.717) is 12.5 Å². The topological polar surface area (TPSA) is 67.1 Å². The summed E-state index contributed by atoms with van der Waals surface area (Å²) in [4.78, 5) is 4.39. The Kier molecular flexibility index (Phi) is 6.19. The van der Waals surface area contributed by atoms with Gasteiger partial charge in [0.2, 0.25) is 0 Å². The molecule has 6 heteroatoms. The van der Waals surface area contributed by atoms with Gasteiger partial charge in [0, 0.05) is 32.5 Å². The van der Waals surface area contributed by atoms with Crippen LogP contribution in [0, 0.1) is 0 Å². The monoisotopic (exact) mass is 388 g/mol. The molecule has 1 atom stereocenters. The predicted octanol–water partition coefficient (Wildman–Crippen LogP) is 2.92. The summed E-state index contributed by atoms with van der Waals surface area (Å²) < 4.78 is 2.21. The SMILES string of the molecule is CN=C(NCc1nnc2n1CCC2)NCC(Cc1ccccc1)c1ccccc1. The number of benzene rings is 2. The van der Waals surface area contributed by atoms with Gasteiger partial charge in [0.05, 0.1) is 6.54 Å². The minimum Gasteiger partial charge on any atom is -0.356 e. The van der Waals surface area contributed by atoms with Crippen molar-refractivity contribution in [2.75, 3.05) is 13.6 Å². The number of aliphatic imine (C=N–C) groups is 1. The molecule has 29 heavy (non-hydrogen) atoms. The van der Waals surface area contributed by atoms with Gasteiger partial charge in [-0.1, -0.05) is 60.7 Å². The number of hydrogen-bond acceptors (Lipinski definition) is 3. The summed E-state index contributed by atoms with van der Waals surface area (Å²) in [5.74, 6) is 3.21. The lowest BCUT2D eigenvalue weighted by molar-refractivity contribution is 0.632. The van der Waals surface area contributed by atoms with Gasteiger partial charge in [-0.05, 0) is 24.0 Å². The predicted molar refractivity (Wildman–Crippen MR) is 116 cm³/mol. The molecule has 0 bridgehead atoms. The first-order valence-corrected chi connectivity index (χ1v) is 10.3. The third kappa shape index (κ3) is 4.83. The molecule has 2 aromatic carbocycles. The molecule has 2 heterocycles. The molecule has 0 fully saturated rings. The summed E-state index contributed by atoms with van der Waals surface area (Å²) >= 11 is 0. The number of rotatable bonds is 7. The average molecular weight is 389 g/mol. The Hall–Kier alpha value is -3.15. The summed E-state index contributed by atoms with van der Waals surface area (Å²) in [5, 5.41) is 15.5. The number of aromatic nitrogens is 3. The largest absolute Gasteiger partial charge is 0.356 e. The molecular formula is C23H28N6. The Morgan fingerprint density at radius 3 is 2.55 bits per heavy atom.